The van der Waals surface area contributed by atoms with Crippen LogP contribution < -0.4 is 0 Å². The number of rotatable bonds is 1. The number of epoxide rings is 1. The third-order valence-electron chi connectivity index (χ3n) is 6.58. The smallest absolute Gasteiger partial charge is 0.187 e. The summed E-state index contributed by atoms with van der Waals surface area (Å²) in [5, 5.41) is 41.8. The van der Waals surface area contributed by atoms with Crippen LogP contribution >= 0.6 is 0 Å². The molecule has 4 N–H and O–H groups in total. The van der Waals surface area contributed by atoms with E-state index in [4.69, 9.17) is 9.47 Å². The molecular weight excluding hydrogens is 292 g/mol. The van der Waals surface area contributed by atoms with E-state index in [1.807, 2.05) is 0 Å². The molecule has 0 aromatic heterocycles. The van der Waals surface area contributed by atoms with Crippen molar-refractivity contribution in [3.8, 4) is 0 Å². The zero-order valence-electron chi connectivity index (χ0n) is 12.4. The van der Waals surface area contributed by atoms with Crippen molar-refractivity contribution in [2.75, 3.05) is 13.2 Å². The molecule has 2 heterocycles. The molecule has 22 heavy (non-hydrogen) atoms. The molecule has 3 fully saturated rings. The first-order valence-corrected chi connectivity index (χ1v) is 7.45. The summed E-state index contributed by atoms with van der Waals surface area (Å²) >= 11 is 0. The van der Waals surface area contributed by atoms with Crippen LogP contribution in [-0.2, 0) is 14.3 Å². The Bertz CT molecular complexity index is 582. The van der Waals surface area contributed by atoms with Gasteiger partial charge >= 0.3 is 0 Å². The molecule has 2 saturated heterocycles. The van der Waals surface area contributed by atoms with Crippen molar-refractivity contribution in [2.45, 2.75) is 50.0 Å². The van der Waals surface area contributed by atoms with Gasteiger partial charge in [0.25, 0.3) is 0 Å². The molecule has 0 aromatic rings. The first-order valence-electron chi connectivity index (χ1n) is 7.45. The molecule has 0 unspecified atom stereocenters. The van der Waals surface area contributed by atoms with E-state index in [-0.39, 0.29) is 6.61 Å². The molecule has 7 heteroatoms. The standard InChI is InChI=1S/C15H20O7/c1-6-3-7-14(4-16,11(20)8(6)17)13(2)10(19)9(18)12(22-7)15(13)5-21-15/h3,7,9-12,16,18-20H,4-5H2,1-2H3/t7-,9-,10+,11-,12-,13-,14-,15-/m1/s1. The van der Waals surface area contributed by atoms with Crippen molar-refractivity contribution in [2.24, 2.45) is 10.8 Å². The number of carbonyl (C=O) groups is 1. The Hall–Kier alpha value is -0.830. The fourth-order valence-corrected chi connectivity index (χ4v) is 5.03. The van der Waals surface area contributed by atoms with Crippen molar-refractivity contribution in [3.05, 3.63) is 11.6 Å². The molecule has 0 aromatic carbocycles. The number of hydrogen-bond donors (Lipinski definition) is 4. The van der Waals surface area contributed by atoms with E-state index in [1.165, 1.54) is 0 Å². The lowest BCUT2D eigenvalue weighted by Gasteiger charge is -2.58. The maximum absolute atomic E-state index is 12.3. The van der Waals surface area contributed by atoms with E-state index in [9.17, 15) is 25.2 Å². The number of ketones is 1. The zero-order chi connectivity index (χ0) is 16.1. The summed E-state index contributed by atoms with van der Waals surface area (Å²) in [6, 6.07) is 0. The lowest BCUT2D eigenvalue weighted by Crippen LogP contribution is -2.72. The zero-order valence-corrected chi connectivity index (χ0v) is 12.4. The largest absolute Gasteiger partial charge is 0.396 e. The predicted molar refractivity (Wildman–Crippen MR) is 71.8 cm³/mol. The first kappa shape index (κ1) is 14.7. The topological polar surface area (TPSA) is 120 Å². The van der Waals surface area contributed by atoms with E-state index in [2.05, 4.69) is 0 Å². The Morgan fingerprint density at radius 2 is 2.00 bits per heavy atom. The quantitative estimate of drug-likeness (QED) is 0.419. The minimum absolute atomic E-state index is 0.250. The van der Waals surface area contributed by atoms with E-state index in [1.54, 1.807) is 19.9 Å². The summed E-state index contributed by atoms with van der Waals surface area (Å²) in [6.45, 7) is 2.92. The van der Waals surface area contributed by atoms with Crippen LogP contribution in [0.4, 0.5) is 0 Å². The summed E-state index contributed by atoms with van der Waals surface area (Å²) in [6.07, 6.45) is -3.96. The highest BCUT2D eigenvalue weighted by Gasteiger charge is 2.86. The third kappa shape index (κ3) is 1.18. The molecule has 8 atom stereocenters. The van der Waals surface area contributed by atoms with E-state index < -0.39 is 59.3 Å². The maximum atomic E-state index is 12.3. The van der Waals surface area contributed by atoms with Gasteiger partial charge in [-0.2, -0.15) is 0 Å². The van der Waals surface area contributed by atoms with Crippen LogP contribution in [0.2, 0.25) is 0 Å². The van der Waals surface area contributed by atoms with Crippen molar-refractivity contribution < 1.29 is 34.7 Å². The van der Waals surface area contributed by atoms with Gasteiger partial charge in [-0.3, -0.25) is 4.79 Å². The minimum Gasteiger partial charge on any atom is -0.396 e. The van der Waals surface area contributed by atoms with Crippen molar-refractivity contribution >= 4 is 5.78 Å². The summed E-state index contributed by atoms with van der Waals surface area (Å²) in [5.74, 6) is -0.502. The van der Waals surface area contributed by atoms with Gasteiger partial charge in [0.05, 0.1) is 30.8 Å². The van der Waals surface area contributed by atoms with Crippen LogP contribution in [0.1, 0.15) is 13.8 Å². The molecule has 4 rings (SSSR count). The van der Waals surface area contributed by atoms with E-state index in [0.29, 0.717) is 5.57 Å². The number of hydrogen-bond acceptors (Lipinski definition) is 7. The molecule has 7 nitrogen and oxygen atoms in total. The van der Waals surface area contributed by atoms with Gasteiger partial charge in [0.1, 0.15) is 23.9 Å². The van der Waals surface area contributed by atoms with Crippen LogP contribution in [0.15, 0.2) is 11.6 Å². The van der Waals surface area contributed by atoms with Gasteiger partial charge in [-0.05, 0) is 18.6 Å². The Balaban J connectivity index is 1.98. The van der Waals surface area contributed by atoms with Gasteiger partial charge in [0, 0.05) is 5.41 Å². The molecule has 4 aliphatic rings. The molecule has 0 radical (unpaired) electrons. The molecule has 1 spiro atoms. The fourth-order valence-electron chi connectivity index (χ4n) is 5.03. The summed E-state index contributed by atoms with van der Waals surface area (Å²) < 4.78 is 11.5. The second-order valence-electron chi connectivity index (χ2n) is 7.11. The molecule has 0 amide bonds. The van der Waals surface area contributed by atoms with Gasteiger partial charge in [-0.25, -0.2) is 0 Å². The molecule has 1 saturated carbocycles. The Labute approximate surface area is 127 Å². The van der Waals surface area contributed by atoms with Gasteiger partial charge < -0.3 is 29.9 Å². The predicted octanol–water partition coefficient (Wildman–Crippen LogP) is -1.87. The third-order valence-corrected chi connectivity index (χ3v) is 6.58. The summed E-state index contributed by atoms with van der Waals surface area (Å²) in [4.78, 5) is 12.3. The Kier molecular flexibility index (Phi) is 2.67. The minimum atomic E-state index is -1.53. The van der Waals surface area contributed by atoms with Crippen LogP contribution in [0.25, 0.3) is 0 Å². The number of aliphatic hydroxyl groups is 4. The maximum Gasteiger partial charge on any atom is 0.187 e. The Morgan fingerprint density at radius 1 is 1.36 bits per heavy atom. The average Bonchev–Trinajstić information content (AvgIpc) is 3.27. The normalized spacial score (nSPS) is 59.5. The molecule has 122 valence electrons. The van der Waals surface area contributed by atoms with Crippen LogP contribution in [0.3, 0.4) is 0 Å². The number of fused-ring (bicyclic) bond motifs is 2. The summed E-state index contributed by atoms with van der Waals surface area (Å²) in [5.41, 5.74) is -3.28. The van der Waals surface area contributed by atoms with Gasteiger partial charge in [-0.15, -0.1) is 0 Å². The van der Waals surface area contributed by atoms with Crippen LogP contribution in [0.5, 0.6) is 0 Å². The highest BCUT2D eigenvalue weighted by molar-refractivity contribution is 6.00. The average molecular weight is 312 g/mol. The fraction of sp³-hybridized carbons (Fsp3) is 0.800. The number of aliphatic hydroxyl groups excluding tert-OH is 4. The van der Waals surface area contributed by atoms with Gasteiger partial charge in [-0.1, -0.05) is 6.92 Å². The highest BCUT2D eigenvalue weighted by Crippen LogP contribution is 2.70. The number of carbonyl (C=O) groups excluding carboxylic acids is 1. The molecule has 2 aliphatic heterocycles. The lowest BCUT2D eigenvalue weighted by atomic mass is 9.50. The second kappa shape index (κ2) is 3.98. The molecule has 2 bridgehead atoms. The van der Waals surface area contributed by atoms with Gasteiger partial charge in [0.15, 0.2) is 5.78 Å². The lowest BCUT2D eigenvalue weighted by molar-refractivity contribution is -0.253. The highest BCUT2D eigenvalue weighted by atomic mass is 16.6. The number of Topliss-reactive ketones (excluding diaryl/α,β-unsaturated/α-hetero) is 1. The summed E-state index contributed by atoms with van der Waals surface area (Å²) in [7, 11) is 0. The van der Waals surface area contributed by atoms with E-state index >= 15 is 0 Å². The van der Waals surface area contributed by atoms with E-state index in [0.717, 1.165) is 0 Å². The molecule has 2 aliphatic carbocycles. The van der Waals surface area contributed by atoms with Gasteiger partial charge in [0.2, 0.25) is 0 Å². The second-order valence-corrected chi connectivity index (χ2v) is 7.11. The van der Waals surface area contributed by atoms with Crippen molar-refractivity contribution in [1.29, 1.82) is 0 Å². The number of ether oxygens (including phenoxy) is 2. The van der Waals surface area contributed by atoms with Crippen molar-refractivity contribution in [3.63, 3.8) is 0 Å². The van der Waals surface area contributed by atoms with Crippen LogP contribution in [-0.4, -0.2) is 75.5 Å². The SMILES string of the molecule is CC1=C[C@H]2O[C@@H]3[C@H](O)[C@H](O)[C@](C)([C@@]2(CO)[C@H](O)C1=O)[C@@]31CO1. The van der Waals surface area contributed by atoms with Crippen LogP contribution in [0, 0.1) is 10.8 Å². The monoisotopic (exact) mass is 312 g/mol. The Morgan fingerprint density at radius 3 is 2.55 bits per heavy atom. The first-order chi connectivity index (χ1) is 10.3. The molecular formula is C15H20O7. The van der Waals surface area contributed by atoms with Crippen molar-refractivity contribution in [1.82, 2.24) is 0 Å².